The highest BCUT2D eigenvalue weighted by Crippen LogP contribution is 2.14. The molecule has 0 bridgehead atoms. The standard InChI is InChI=1S/C11H12OS2Si/c1-15(2,10-4-3-7-13-10)11-6-5-9(8-12)14-11/h3-8H,1-2H3. The fourth-order valence-corrected chi connectivity index (χ4v) is 7.41. The Hall–Kier alpha value is -0.713. The van der Waals surface area contributed by atoms with Crippen molar-refractivity contribution < 1.29 is 4.79 Å². The van der Waals surface area contributed by atoms with Gasteiger partial charge in [0.1, 0.15) is 8.07 Å². The third-order valence-corrected chi connectivity index (χ3v) is 10.5. The van der Waals surface area contributed by atoms with Gasteiger partial charge in [0.25, 0.3) is 0 Å². The first-order valence-corrected chi connectivity index (χ1v) is 9.43. The van der Waals surface area contributed by atoms with Crippen molar-refractivity contribution in [2.24, 2.45) is 0 Å². The number of hydrogen-bond acceptors (Lipinski definition) is 3. The van der Waals surface area contributed by atoms with Crippen LogP contribution in [0.2, 0.25) is 13.1 Å². The summed E-state index contributed by atoms with van der Waals surface area (Å²) in [4.78, 5) is 11.5. The first-order valence-electron chi connectivity index (χ1n) is 4.74. The summed E-state index contributed by atoms with van der Waals surface area (Å²) < 4.78 is 2.86. The van der Waals surface area contributed by atoms with Crippen LogP contribution in [0.3, 0.4) is 0 Å². The van der Waals surface area contributed by atoms with Crippen LogP contribution in [0.25, 0.3) is 0 Å². The van der Waals surface area contributed by atoms with E-state index in [0.717, 1.165) is 11.2 Å². The summed E-state index contributed by atoms with van der Waals surface area (Å²) in [5, 5.41) is 2.12. The average molecular weight is 252 g/mol. The van der Waals surface area contributed by atoms with Gasteiger partial charge in [-0.15, -0.1) is 11.3 Å². The maximum Gasteiger partial charge on any atom is 0.159 e. The lowest BCUT2D eigenvalue weighted by Crippen LogP contribution is -2.49. The van der Waals surface area contributed by atoms with E-state index in [1.54, 1.807) is 11.3 Å². The monoisotopic (exact) mass is 252 g/mol. The van der Waals surface area contributed by atoms with Gasteiger partial charge in [-0.2, -0.15) is 11.3 Å². The molecule has 0 N–H and O–H groups in total. The lowest BCUT2D eigenvalue weighted by atomic mass is 10.5. The Balaban J connectivity index is 2.41. The summed E-state index contributed by atoms with van der Waals surface area (Å²) in [5.74, 6) is 0. The maximum absolute atomic E-state index is 10.7. The Bertz CT molecular complexity index is 457. The summed E-state index contributed by atoms with van der Waals surface area (Å²) in [7, 11) is -1.52. The van der Waals surface area contributed by atoms with Gasteiger partial charge >= 0.3 is 0 Å². The SMILES string of the molecule is C[Si](C)(c1cccs1)c1ccc(C=O)s1. The van der Waals surface area contributed by atoms with Gasteiger partial charge < -0.3 is 0 Å². The van der Waals surface area contributed by atoms with Crippen molar-refractivity contribution in [3.8, 4) is 0 Å². The number of hydrogen-bond donors (Lipinski definition) is 0. The van der Waals surface area contributed by atoms with Crippen molar-refractivity contribution >= 4 is 46.0 Å². The molecule has 4 heteroatoms. The molecule has 0 radical (unpaired) electrons. The first kappa shape index (κ1) is 10.8. The molecule has 1 nitrogen and oxygen atoms in total. The molecule has 0 aliphatic rings. The van der Waals surface area contributed by atoms with E-state index >= 15 is 0 Å². The van der Waals surface area contributed by atoms with Gasteiger partial charge in [0.05, 0.1) is 4.88 Å². The zero-order valence-electron chi connectivity index (χ0n) is 8.69. The van der Waals surface area contributed by atoms with Crippen molar-refractivity contribution in [3.05, 3.63) is 34.5 Å². The number of thiophene rings is 2. The lowest BCUT2D eigenvalue weighted by Gasteiger charge is -2.18. The van der Waals surface area contributed by atoms with E-state index in [0.29, 0.717) is 0 Å². The van der Waals surface area contributed by atoms with E-state index in [1.807, 2.05) is 17.4 Å². The highest BCUT2D eigenvalue weighted by molar-refractivity contribution is 7.36. The van der Waals surface area contributed by atoms with Gasteiger partial charge in [0, 0.05) is 0 Å². The van der Waals surface area contributed by atoms with Gasteiger partial charge in [-0.05, 0) is 20.4 Å². The minimum atomic E-state index is -1.52. The molecule has 0 spiro atoms. The predicted octanol–water partition coefficient (Wildman–Crippen LogP) is 2.44. The summed E-state index contributed by atoms with van der Waals surface area (Å²) in [6, 6.07) is 8.34. The fourth-order valence-electron chi connectivity index (χ4n) is 1.51. The van der Waals surface area contributed by atoms with E-state index in [9.17, 15) is 4.79 Å². The Morgan fingerprint density at radius 2 is 2.00 bits per heavy atom. The van der Waals surface area contributed by atoms with Crippen LogP contribution in [0.5, 0.6) is 0 Å². The van der Waals surface area contributed by atoms with Gasteiger partial charge in [-0.3, -0.25) is 4.79 Å². The van der Waals surface area contributed by atoms with Crippen LogP contribution in [-0.4, -0.2) is 14.4 Å². The van der Waals surface area contributed by atoms with Crippen molar-refractivity contribution in [1.82, 2.24) is 0 Å². The molecule has 0 atom stereocenters. The molecule has 0 amide bonds. The molecule has 0 aromatic carbocycles. The first-order chi connectivity index (χ1) is 7.14. The van der Waals surface area contributed by atoms with Crippen molar-refractivity contribution in [1.29, 1.82) is 0 Å². The quantitative estimate of drug-likeness (QED) is 0.606. The third-order valence-electron chi connectivity index (χ3n) is 2.50. The molecular formula is C11H12OS2Si. The van der Waals surface area contributed by atoms with Crippen LogP contribution in [0, 0.1) is 0 Å². The largest absolute Gasteiger partial charge is 0.297 e. The van der Waals surface area contributed by atoms with Crippen LogP contribution in [0.4, 0.5) is 0 Å². The second-order valence-electron chi connectivity index (χ2n) is 3.92. The zero-order valence-corrected chi connectivity index (χ0v) is 11.3. The molecule has 0 saturated heterocycles. The number of carbonyl (C=O) groups is 1. The van der Waals surface area contributed by atoms with E-state index in [1.165, 1.54) is 9.00 Å². The van der Waals surface area contributed by atoms with Crippen LogP contribution < -0.4 is 9.00 Å². The van der Waals surface area contributed by atoms with Crippen LogP contribution >= 0.6 is 22.7 Å². The van der Waals surface area contributed by atoms with Gasteiger partial charge in [-0.25, -0.2) is 0 Å². The van der Waals surface area contributed by atoms with E-state index in [2.05, 4.69) is 36.7 Å². The molecule has 0 fully saturated rings. The van der Waals surface area contributed by atoms with Gasteiger partial charge in [0.2, 0.25) is 0 Å². The predicted molar refractivity (Wildman–Crippen MR) is 70.8 cm³/mol. The molecule has 2 aromatic rings. The minimum Gasteiger partial charge on any atom is -0.297 e. The highest BCUT2D eigenvalue weighted by atomic mass is 32.1. The molecule has 0 saturated carbocycles. The molecule has 0 aliphatic carbocycles. The van der Waals surface area contributed by atoms with Gasteiger partial charge in [-0.1, -0.05) is 31.3 Å². The molecular weight excluding hydrogens is 240 g/mol. The minimum absolute atomic E-state index is 0.835. The molecule has 0 unspecified atom stereocenters. The maximum atomic E-state index is 10.7. The lowest BCUT2D eigenvalue weighted by molar-refractivity contribution is 0.112. The van der Waals surface area contributed by atoms with Crippen molar-refractivity contribution in [3.63, 3.8) is 0 Å². The number of rotatable bonds is 3. The molecule has 2 rings (SSSR count). The normalized spacial score (nSPS) is 11.6. The Morgan fingerprint density at radius 3 is 2.53 bits per heavy atom. The summed E-state index contributed by atoms with van der Waals surface area (Å²) in [6.45, 7) is 4.67. The molecule has 0 aliphatic heterocycles. The average Bonchev–Trinajstić information content (AvgIpc) is 2.89. The van der Waals surface area contributed by atoms with Gasteiger partial charge in [0.15, 0.2) is 6.29 Å². The number of carbonyl (C=O) groups excluding carboxylic acids is 1. The van der Waals surface area contributed by atoms with E-state index < -0.39 is 8.07 Å². The van der Waals surface area contributed by atoms with Crippen LogP contribution in [-0.2, 0) is 0 Å². The van der Waals surface area contributed by atoms with E-state index in [4.69, 9.17) is 0 Å². The summed E-state index contributed by atoms with van der Waals surface area (Å²) >= 11 is 3.46. The molecule has 2 heterocycles. The smallest absolute Gasteiger partial charge is 0.159 e. The van der Waals surface area contributed by atoms with E-state index in [-0.39, 0.29) is 0 Å². The Labute approximate surface area is 98.4 Å². The second kappa shape index (κ2) is 4.04. The Morgan fingerprint density at radius 1 is 1.20 bits per heavy atom. The summed E-state index contributed by atoms with van der Waals surface area (Å²) in [6.07, 6.45) is 0.938. The topological polar surface area (TPSA) is 17.1 Å². The van der Waals surface area contributed by atoms with Crippen molar-refractivity contribution in [2.45, 2.75) is 13.1 Å². The number of aldehydes is 1. The Kier molecular flexibility index (Phi) is 2.91. The zero-order chi connectivity index (χ0) is 10.9. The highest BCUT2D eigenvalue weighted by Gasteiger charge is 2.28. The third kappa shape index (κ3) is 1.97. The molecule has 2 aromatic heterocycles. The summed E-state index contributed by atoms with van der Waals surface area (Å²) in [5.41, 5.74) is 0. The molecule has 78 valence electrons. The fraction of sp³-hybridized carbons (Fsp3) is 0.182. The van der Waals surface area contributed by atoms with Crippen molar-refractivity contribution in [2.75, 3.05) is 0 Å². The van der Waals surface area contributed by atoms with Crippen LogP contribution in [0.1, 0.15) is 9.67 Å². The molecule has 15 heavy (non-hydrogen) atoms. The van der Waals surface area contributed by atoms with Crippen LogP contribution in [0.15, 0.2) is 29.6 Å². The second-order valence-corrected chi connectivity index (χ2v) is 11.0.